The van der Waals surface area contributed by atoms with Crippen LogP contribution in [0.15, 0.2) is 30.6 Å². The van der Waals surface area contributed by atoms with Gasteiger partial charge in [0.05, 0.1) is 13.1 Å². The summed E-state index contributed by atoms with van der Waals surface area (Å²) >= 11 is 0. The van der Waals surface area contributed by atoms with E-state index in [9.17, 15) is 9.59 Å². The highest BCUT2D eigenvalue weighted by Crippen LogP contribution is 2.03. The quantitative estimate of drug-likeness (QED) is 0.722. The van der Waals surface area contributed by atoms with Crippen LogP contribution in [0.5, 0.6) is 0 Å². The van der Waals surface area contributed by atoms with Crippen molar-refractivity contribution >= 4 is 11.8 Å². The number of carbonyl (C=O) groups is 2. The fraction of sp³-hybridized carbons (Fsp3) is 0.231. The number of amides is 2. The lowest BCUT2D eigenvalue weighted by Crippen LogP contribution is -2.36. The summed E-state index contributed by atoms with van der Waals surface area (Å²) in [6, 6.07) is 7.17. The van der Waals surface area contributed by atoms with Crippen LogP contribution >= 0.6 is 0 Å². The first-order valence-electron chi connectivity index (χ1n) is 6.11. The van der Waals surface area contributed by atoms with E-state index in [2.05, 4.69) is 25.8 Å². The Morgan fingerprint density at radius 1 is 1.30 bits per heavy atom. The largest absolute Gasteiger partial charge is 0.347 e. The van der Waals surface area contributed by atoms with Crippen LogP contribution < -0.4 is 10.6 Å². The van der Waals surface area contributed by atoms with Crippen molar-refractivity contribution in [3.05, 3.63) is 47.5 Å². The maximum Gasteiger partial charge on any atom is 0.251 e. The summed E-state index contributed by atoms with van der Waals surface area (Å²) in [4.78, 5) is 27.2. The first kappa shape index (κ1) is 13.7. The number of aryl methyl sites for hydroxylation is 1. The average Bonchev–Trinajstić information content (AvgIpc) is 2.95. The molecule has 20 heavy (non-hydrogen) atoms. The van der Waals surface area contributed by atoms with Gasteiger partial charge in [-0.2, -0.15) is 5.10 Å². The van der Waals surface area contributed by atoms with Crippen LogP contribution in [-0.4, -0.2) is 33.5 Å². The van der Waals surface area contributed by atoms with Gasteiger partial charge in [-0.25, -0.2) is 4.98 Å². The molecule has 7 heteroatoms. The molecular weight excluding hydrogens is 258 g/mol. The fourth-order valence-electron chi connectivity index (χ4n) is 1.61. The molecule has 1 aromatic carbocycles. The Hall–Kier alpha value is -2.70. The number of hydrogen-bond acceptors (Lipinski definition) is 4. The summed E-state index contributed by atoms with van der Waals surface area (Å²) in [6.45, 7) is 2.07. The summed E-state index contributed by atoms with van der Waals surface area (Å²) < 4.78 is 0. The van der Waals surface area contributed by atoms with Crippen molar-refractivity contribution in [3.63, 3.8) is 0 Å². The lowest BCUT2D eigenvalue weighted by molar-refractivity contribution is -0.120. The Kier molecular flexibility index (Phi) is 4.43. The van der Waals surface area contributed by atoms with Gasteiger partial charge < -0.3 is 10.6 Å². The third-order valence-electron chi connectivity index (χ3n) is 2.61. The van der Waals surface area contributed by atoms with E-state index in [0.717, 1.165) is 5.56 Å². The van der Waals surface area contributed by atoms with Crippen molar-refractivity contribution in [1.29, 1.82) is 0 Å². The van der Waals surface area contributed by atoms with Crippen molar-refractivity contribution in [2.75, 3.05) is 6.54 Å². The number of H-pyrrole nitrogens is 1. The fourth-order valence-corrected chi connectivity index (χ4v) is 1.61. The standard InChI is InChI=1S/C13H15N5O2/c1-9-3-2-4-10(5-9)13(20)15-7-12(19)14-6-11-16-8-17-18-11/h2-5,8H,6-7H2,1H3,(H,14,19)(H,15,20)(H,16,17,18). The second-order valence-corrected chi connectivity index (χ2v) is 4.26. The third-order valence-corrected chi connectivity index (χ3v) is 2.61. The van der Waals surface area contributed by atoms with E-state index in [-0.39, 0.29) is 24.9 Å². The maximum atomic E-state index is 11.8. The number of hydrogen-bond donors (Lipinski definition) is 3. The normalized spacial score (nSPS) is 10.1. The monoisotopic (exact) mass is 273 g/mol. The van der Waals surface area contributed by atoms with Gasteiger partial charge in [0.2, 0.25) is 5.91 Å². The highest BCUT2D eigenvalue weighted by atomic mass is 16.2. The molecule has 1 heterocycles. The zero-order valence-corrected chi connectivity index (χ0v) is 11.0. The van der Waals surface area contributed by atoms with Crippen molar-refractivity contribution < 1.29 is 9.59 Å². The van der Waals surface area contributed by atoms with Crippen molar-refractivity contribution in [2.24, 2.45) is 0 Å². The predicted molar refractivity (Wildman–Crippen MR) is 71.7 cm³/mol. The van der Waals surface area contributed by atoms with E-state index < -0.39 is 0 Å². The van der Waals surface area contributed by atoms with Crippen LogP contribution in [0.3, 0.4) is 0 Å². The summed E-state index contributed by atoms with van der Waals surface area (Å²) in [5, 5.41) is 11.5. The van der Waals surface area contributed by atoms with Gasteiger partial charge in [0.1, 0.15) is 12.2 Å². The van der Waals surface area contributed by atoms with Gasteiger partial charge in [-0.05, 0) is 19.1 Å². The van der Waals surface area contributed by atoms with Crippen molar-refractivity contribution in [3.8, 4) is 0 Å². The first-order chi connectivity index (χ1) is 9.65. The second kappa shape index (κ2) is 6.46. The molecule has 7 nitrogen and oxygen atoms in total. The van der Waals surface area contributed by atoms with Gasteiger partial charge in [-0.1, -0.05) is 17.7 Å². The second-order valence-electron chi connectivity index (χ2n) is 4.26. The first-order valence-corrected chi connectivity index (χ1v) is 6.11. The van der Waals surface area contributed by atoms with E-state index in [1.54, 1.807) is 18.2 Å². The van der Waals surface area contributed by atoms with Gasteiger partial charge in [0, 0.05) is 5.56 Å². The molecule has 2 amide bonds. The number of aromatic amines is 1. The van der Waals surface area contributed by atoms with Gasteiger partial charge in [0.15, 0.2) is 0 Å². The van der Waals surface area contributed by atoms with Crippen LogP contribution in [0.2, 0.25) is 0 Å². The minimum atomic E-state index is -0.289. The molecular formula is C13H15N5O2. The molecule has 2 aromatic rings. The van der Waals surface area contributed by atoms with Gasteiger partial charge in [-0.15, -0.1) is 0 Å². The molecule has 0 unspecified atom stereocenters. The van der Waals surface area contributed by atoms with Crippen LogP contribution in [0.4, 0.5) is 0 Å². The molecule has 104 valence electrons. The Bertz CT molecular complexity index is 595. The highest BCUT2D eigenvalue weighted by molar-refractivity contribution is 5.96. The average molecular weight is 273 g/mol. The van der Waals surface area contributed by atoms with Crippen molar-refractivity contribution in [2.45, 2.75) is 13.5 Å². The molecule has 2 rings (SSSR count). The molecule has 0 aliphatic carbocycles. The minimum absolute atomic E-state index is 0.0824. The Morgan fingerprint density at radius 2 is 2.15 bits per heavy atom. The topological polar surface area (TPSA) is 99.8 Å². The molecule has 0 aliphatic rings. The van der Waals surface area contributed by atoms with Crippen LogP contribution in [-0.2, 0) is 11.3 Å². The summed E-state index contributed by atoms with van der Waals surface area (Å²) in [5.74, 6) is -0.00530. The number of rotatable bonds is 5. The molecule has 0 atom stereocenters. The Labute approximate surface area is 115 Å². The molecule has 0 radical (unpaired) electrons. The zero-order chi connectivity index (χ0) is 14.4. The van der Waals surface area contributed by atoms with E-state index in [4.69, 9.17) is 0 Å². The SMILES string of the molecule is Cc1cccc(C(=O)NCC(=O)NCc2ncn[nH]2)c1. The highest BCUT2D eigenvalue weighted by Gasteiger charge is 2.08. The smallest absolute Gasteiger partial charge is 0.251 e. The van der Waals surface area contributed by atoms with Crippen LogP contribution in [0.1, 0.15) is 21.7 Å². The van der Waals surface area contributed by atoms with Gasteiger partial charge >= 0.3 is 0 Å². The van der Waals surface area contributed by atoms with Gasteiger partial charge in [0.25, 0.3) is 5.91 Å². The predicted octanol–water partition coefficient (Wildman–Crippen LogP) is 0.159. The van der Waals surface area contributed by atoms with E-state index in [1.165, 1.54) is 6.33 Å². The van der Waals surface area contributed by atoms with E-state index >= 15 is 0 Å². The molecule has 3 N–H and O–H groups in total. The molecule has 0 fully saturated rings. The number of benzene rings is 1. The third kappa shape index (κ3) is 3.91. The van der Waals surface area contributed by atoms with Crippen molar-refractivity contribution in [1.82, 2.24) is 25.8 Å². The number of aromatic nitrogens is 3. The maximum absolute atomic E-state index is 11.8. The summed E-state index contributed by atoms with van der Waals surface area (Å²) in [7, 11) is 0. The molecule has 0 aliphatic heterocycles. The summed E-state index contributed by atoms with van der Waals surface area (Å²) in [6.07, 6.45) is 1.36. The summed E-state index contributed by atoms with van der Waals surface area (Å²) in [5.41, 5.74) is 1.53. The lowest BCUT2D eigenvalue weighted by Gasteiger charge is -2.06. The van der Waals surface area contributed by atoms with E-state index in [1.807, 2.05) is 13.0 Å². The van der Waals surface area contributed by atoms with Crippen LogP contribution in [0.25, 0.3) is 0 Å². The molecule has 0 saturated heterocycles. The lowest BCUT2D eigenvalue weighted by atomic mass is 10.1. The molecule has 1 aromatic heterocycles. The molecule has 0 spiro atoms. The number of nitrogens with zero attached hydrogens (tertiary/aromatic N) is 2. The minimum Gasteiger partial charge on any atom is -0.347 e. The molecule has 0 bridgehead atoms. The Balaban J connectivity index is 1.77. The van der Waals surface area contributed by atoms with E-state index in [0.29, 0.717) is 11.4 Å². The zero-order valence-electron chi connectivity index (χ0n) is 11.0. The molecule has 0 saturated carbocycles. The number of nitrogens with one attached hydrogen (secondary N) is 3. The van der Waals surface area contributed by atoms with Crippen LogP contribution in [0, 0.1) is 6.92 Å². The number of carbonyl (C=O) groups excluding carboxylic acids is 2. The Morgan fingerprint density at radius 3 is 2.85 bits per heavy atom. The van der Waals surface area contributed by atoms with Gasteiger partial charge in [-0.3, -0.25) is 14.7 Å².